The van der Waals surface area contributed by atoms with Gasteiger partial charge in [-0.15, -0.1) is 0 Å². The molecular formula is C22H42N2NaO4+. The molecule has 0 aromatic heterocycles. The van der Waals surface area contributed by atoms with E-state index in [2.05, 4.69) is 17.6 Å². The smallest absolute Gasteiger partial charge is 0.481 e. The number of hydrogen-bond acceptors (Lipinski definition) is 3. The van der Waals surface area contributed by atoms with Crippen LogP contribution in [0.25, 0.3) is 0 Å². The van der Waals surface area contributed by atoms with Gasteiger partial charge in [0.25, 0.3) is 0 Å². The van der Waals surface area contributed by atoms with Crippen molar-refractivity contribution in [3.63, 3.8) is 0 Å². The Morgan fingerprint density at radius 2 is 1.41 bits per heavy atom. The molecule has 0 aromatic carbocycles. The van der Waals surface area contributed by atoms with E-state index in [-0.39, 0.29) is 59.8 Å². The number of carbonyl (C=O) groups excluding carboxylic acids is 2. The summed E-state index contributed by atoms with van der Waals surface area (Å²) in [5.74, 6) is -2.46. The number of amides is 2. The van der Waals surface area contributed by atoms with Crippen molar-refractivity contribution in [2.24, 2.45) is 17.8 Å². The number of unbranched alkanes of at least 4 members (excludes halogenated alkanes) is 5. The Morgan fingerprint density at radius 3 is 1.93 bits per heavy atom. The van der Waals surface area contributed by atoms with Crippen molar-refractivity contribution < 1.29 is 49.0 Å². The second-order valence-corrected chi connectivity index (χ2v) is 8.23. The maximum atomic E-state index is 12.7. The average Bonchev–Trinajstić information content (AvgIpc) is 2.62. The molecule has 0 saturated carbocycles. The van der Waals surface area contributed by atoms with Crippen molar-refractivity contribution in [2.75, 3.05) is 6.54 Å². The van der Waals surface area contributed by atoms with E-state index in [1.165, 1.54) is 25.7 Å². The molecule has 3 atom stereocenters. The van der Waals surface area contributed by atoms with Crippen molar-refractivity contribution in [2.45, 2.75) is 98.4 Å². The fourth-order valence-electron chi connectivity index (χ4n) is 3.32. The summed E-state index contributed by atoms with van der Waals surface area (Å²) in [5, 5.41) is 15.2. The van der Waals surface area contributed by atoms with Gasteiger partial charge in [0.1, 0.15) is 0 Å². The molecule has 0 aliphatic carbocycles. The molecule has 3 N–H and O–H groups in total. The van der Waals surface area contributed by atoms with Crippen LogP contribution in [0.2, 0.25) is 0 Å². The Bertz CT molecular complexity index is 472. The molecule has 29 heavy (non-hydrogen) atoms. The number of carboxylic acids is 1. The molecule has 0 fully saturated rings. The normalized spacial score (nSPS) is 13.9. The summed E-state index contributed by atoms with van der Waals surface area (Å²) >= 11 is 0. The minimum absolute atomic E-state index is 0. The first kappa shape index (κ1) is 30.6. The van der Waals surface area contributed by atoms with Crippen molar-refractivity contribution in [1.82, 2.24) is 10.6 Å². The topological polar surface area (TPSA) is 95.5 Å². The maximum Gasteiger partial charge on any atom is 1.00 e. The van der Waals surface area contributed by atoms with Crippen LogP contribution in [0.1, 0.15) is 92.4 Å². The number of rotatable bonds is 16. The Balaban J connectivity index is 0. The second kappa shape index (κ2) is 18.2. The van der Waals surface area contributed by atoms with Crippen molar-refractivity contribution in [3.05, 3.63) is 0 Å². The molecule has 7 heteroatoms. The first-order chi connectivity index (χ1) is 13.2. The number of nitrogens with one attached hydrogen (secondary N) is 2. The third-order valence-corrected chi connectivity index (χ3v) is 5.13. The van der Waals surface area contributed by atoms with Gasteiger partial charge < -0.3 is 15.7 Å². The van der Waals surface area contributed by atoms with E-state index >= 15 is 0 Å². The van der Waals surface area contributed by atoms with Crippen LogP contribution in [0, 0.1) is 17.8 Å². The summed E-state index contributed by atoms with van der Waals surface area (Å²) in [5.41, 5.74) is 0. The molecule has 0 radical (unpaired) electrons. The quantitative estimate of drug-likeness (QED) is 0.257. The van der Waals surface area contributed by atoms with Gasteiger partial charge in [0.05, 0.1) is 5.92 Å². The molecule has 0 bridgehead atoms. The fourth-order valence-corrected chi connectivity index (χ4v) is 3.32. The minimum Gasteiger partial charge on any atom is -0.481 e. The second-order valence-electron chi connectivity index (χ2n) is 8.23. The van der Waals surface area contributed by atoms with E-state index in [1.807, 2.05) is 20.8 Å². The Hall–Kier alpha value is -0.590. The Labute approximate surface area is 199 Å². The zero-order chi connectivity index (χ0) is 21.5. The molecule has 2 amide bonds. The molecule has 0 aliphatic heterocycles. The van der Waals surface area contributed by atoms with Crippen molar-refractivity contribution in [1.29, 1.82) is 0 Å². The van der Waals surface area contributed by atoms with Gasteiger partial charge in [-0.2, -0.15) is 0 Å². The van der Waals surface area contributed by atoms with Crippen molar-refractivity contribution >= 4 is 17.8 Å². The molecule has 0 rings (SSSR count). The molecular weight excluding hydrogens is 379 g/mol. The third kappa shape index (κ3) is 14.9. The predicted octanol–water partition coefficient (Wildman–Crippen LogP) is 1.14. The van der Waals surface area contributed by atoms with E-state index in [4.69, 9.17) is 0 Å². The van der Waals surface area contributed by atoms with Crippen LogP contribution in [0.15, 0.2) is 0 Å². The monoisotopic (exact) mass is 421 g/mol. The molecule has 0 spiro atoms. The van der Waals surface area contributed by atoms with Crippen LogP contribution in [0.3, 0.4) is 0 Å². The van der Waals surface area contributed by atoms with Gasteiger partial charge in [0.15, 0.2) is 0 Å². The first-order valence-corrected chi connectivity index (χ1v) is 11.0. The van der Waals surface area contributed by atoms with E-state index in [0.717, 1.165) is 12.8 Å². The van der Waals surface area contributed by atoms with Crippen LogP contribution >= 0.6 is 0 Å². The number of hydrogen-bond donors (Lipinski definition) is 3. The standard InChI is InChI=1S/C22H42N2O4.Na/c1-6-8-9-10-11-12-13-23-21(26)19(15-18(7-2)22(27)28)14-17(5)20(25)24-16(3)4;/h16-19H,6-15H2,1-5H3,(H,23,26)(H,24,25)(H,27,28);/q;+1. The number of aliphatic carboxylic acids is 1. The van der Waals surface area contributed by atoms with E-state index in [9.17, 15) is 19.5 Å². The average molecular weight is 422 g/mol. The largest absolute Gasteiger partial charge is 1.00 e. The summed E-state index contributed by atoms with van der Waals surface area (Å²) in [6.07, 6.45) is 8.00. The van der Waals surface area contributed by atoms with Crippen LogP contribution in [-0.4, -0.2) is 35.5 Å². The molecule has 0 aliphatic rings. The Morgan fingerprint density at radius 1 is 0.828 bits per heavy atom. The first-order valence-electron chi connectivity index (χ1n) is 11.0. The van der Waals surface area contributed by atoms with Gasteiger partial charge in [-0.1, -0.05) is 52.9 Å². The van der Waals surface area contributed by atoms with Gasteiger partial charge in [-0.25, -0.2) is 0 Å². The minimum atomic E-state index is -0.879. The zero-order valence-electron chi connectivity index (χ0n) is 19.6. The van der Waals surface area contributed by atoms with Gasteiger partial charge >= 0.3 is 35.5 Å². The summed E-state index contributed by atoms with van der Waals surface area (Å²) in [6.45, 7) is 10.2. The van der Waals surface area contributed by atoms with Crippen LogP contribution in [0.4, 0.5) is 0 Å². The van der Waals surface area contributed by atoms with Gasteiger partial charge in [-0.05, 0) is 39.5 Å². The zero-order valence-corrected chi connectivity index (χ0v) is 21.6. The maximum absolute atomic E-state index is 12.7. The number of carboxylic acid groups (broad SMARTS) is 1. The molecule has 0 aromatic rings. The SMILES string of the molecule is CCCCCCCCNC(=O)C(CC(C)C(=O)NC(C)C)CC(CC)C(=O)O.[Na+]. The van der Waals surface area contributed by atoms with Gasteiger partial charge in [0, 0.05) is 24.4 Å². The number of carbonyl (C=O) groups is 3. The molecule has 3 unspecified atom stereocenters. The van der Waals surface area contributed by atoms with Gasteiger partial charge in [-0.3, -0.25) is 14.4 Å². The van der Waals surface area contributed by atoms with Gasteiger partial charge in [0.2, 0.25) is 11.8 Å². The molecule has 6 nitrogen and oxygen atoms in total. The van der Waals surface area contributed by atoms with E-state index in [1.54, 1.807) is 6.92 Å². The van der Waals surface area contributed by atoms with Crippen molar-refractivity contribution in [3.8, 4) is 0 Å². The van der Waals surface area contributed by atoms with Crippen LogP contribution in [-0.2, 0) is 14.4 Å². The van der Waals surface area contributed by atoms with Crippen LogP contribution < -0.4 is 40.2 Å². The summed E-state index contributed by atoms with van der Waals surface area (Å²) in [6, 6.07) is 0.0392. The Kier molecular flexibility index (Phi) is 19.2. The summed E-state index contributed by atoms with van der Waals surface area (Å²) < 4.78 is 0. The molecule has 0 heterocycles. The van der Waals surface area contributed by atoms with Crippen LogP contribution in [0.5, 0.6) is 0 Å². The molecule has 0 saturated heterocycles. The predicted molar refractivity (Wildman–Crippen MR) is 113 cm³/mol. The summed E-state index contributed by atoms with van der Waals surface area (Å²) in [7, 11) is 0. The van der Waals surface area contributed by atoms with E-state index < -0.39 is 17.8 Å². The third-order valence-electron chi connectivity index (χ3n) is 5.13. The fraction of sp³-hybridized carbons (Fsp3) is 0.864. The van der Waals surface area contributed by atoms with E-state index in [0.29, 0.717) is 19.4 Å². The molecule has 164 valence electrons. The summed E-state index contributed by atoms with van der Waals surface area (Å²) in [4.78, 5) is 36.4.